The van der Waals surface area contributed by atoms with Crippen molar-refractivity contribution in [1.29, 1.82) is 0 Å². The summed E-state index contributed by atoms with van der Waals surface area (Å²) in [5.41, 5.74) is 7.16. The van der Waals surface area contributed by atoms with Crippen molar-refractivity contribution >= 4 is 11.5 Å². The van der Waals surface area contributed by atoms with Crippen molar-refractivity contribution in [2.75, 3.05) is 17.6 Å². The number of rotatable bonds is 4. The number of nitrogen functional groups attached to an aromatic ring is 1. The van der Waals surface area contributed by atoms with E-state index >= 15 is 0 Å². The number of nitrogens with two attached hydrogens (primary N) is 1. The van der Waals surface area contributed by atoms with E-state index in [0.29, 0.717) is 18.1 Å². The number of benzene rings is 1. The van der Waals surface area contributed by atoms with Gasteiger partial charge < -0.3 is 22.6 Å². The van der Waals surface area contributed by atoms with Crippen molar-refractivity contribution in [2.45, 2.75) is 20.0 Å². The number of hydrogen-bond acceptors (Lipinski definition) is 4. The summed E-state index contributed by atoms with van der Waals surface area (Å²) in [6.45, 7) is 4.40. The quantitative estimate of drug-likeness (QED) is 0.619. The molecule has 4 N–H and O–H groups in total. The molecule has 1 atom stereocenters. The SMILES string of the molecule is C[CH-]C.Nc1ccnc(NCC(O)c2ccccc2)c1.[W]. The fourth-order valence-corrected chi connectivity index (χ4v) is 1.54. The van der Waals surface area contributed by atoms with Gasteiger partial charge in [0.25, 0.3) is 0 Å². The Balaban J connectivity index is 0.000000922. The maximum Gasteiger partial charge on any atom is 0.128 e. The van der Waals surface area contributed by atoms with E-state index in [1.807, 2.05) is 50.6 Å². The minimum atomic E-state index is -0.556. The molecule has 0 amide bonds. The maximum atomic E-state index is 9.93. The number of aliphatic hydroxyl groups excluding tert-OH is 1. The van der Waals surface area contributed by atoms with Crippen LogP contribution in [0.1, 0.15) is 25.5 Å². The van der Waals surface area contributed by atoms with Crippen LogP contribution in [0.4, 0.5) is 11.5 Å². The molecular formula is C16H22N3OW-. The average molecular weight is 456 g/mol. The summed E-state index contributed by atoms with van der Waals surface area (Å²) < 4.78 is 0. The largest absolute Gasteiger partial charge is 0.399 e. The van der Waals surface area contributed by atoms with Gasteiger partial charge in [0.1, 0.15) is 5.82 Å². The molecule has 2 aromatic rings. The molecule has 0 aliphatic rings. The van der Waals surface area contributed by atoms with Crippen LogP contribution in [-0.2, 0) is 21.1 Å². The van der Waals surface area contributed by atoms with Crippen LogP contribution < -0.4 is 11.1 Å². The molecule has 0 bridgehead atoms. The van der Waals surface area contributed by atoms with E-state index in [2.05, 4.69) is 10.3 Å². The van der Waals surface area contributed by atoms with Crippen LogP contribution in [0.25, 0.3) is 0 Å². The van der Waals surface area contributed by atoms with Crippen molar-refractivity contribution in [3.8, 4) is 0 Å². The Morgan fingerprint density at radius 1 is 1.24 bits per heavy atom. The van der Waals surface area contributed by atoms with E-state index in [-0.39, 0.29) is 21.1 Å². The van der Waals surface area contributed by atoms with Crippen LogP contribution in [0.5, 0.6) is 0 Å². The molecule has 0 aliphatic carbocycles. The molecule has 0 spiro atoms. The molecule has 1 heterocycles. The normalized spacial score (nSPS) is 10.6. The molecule has 2 rings (SSSR count). The first kappa shape index (κ1) is 19.6. The van der Waals surface area contributed by atoms with Gasteiger partial charge in [-0.1, -0.05) is 30.3 Å². The monoisotopic (exact) mass is 456 g/mol. The molecule has 0 saturated carbocycles. The predicted molar refractivity (Wildman–Crippen MR) is 84.2 cm³/mol. The molecule has 0 fully saturated rings. The summed E-state index contributed by atoms with van der Waals surface area (Å²) in [5.74, 6) is 0.667. The number of anilines is 2. The number of aliphatic hydroxyl groups is 1. The van der Waals surface area contributed by atoms with Gasteiger partial charge >= 0.3 is 0 Å². The van der Waals surface area contributed by atoms with Gasteiger partial charge in [-0.05, 0) is 11.6 Å². The van der Waals surface area contributed by atoms with Gasteiger partial charge in [-0.15, -0.1) is 0 Å². The maximum absolute atomic E-state index is 9.93. The molecule has 5 heteroatoms. The van der Waals surface area contributed by atoms with Crippen molar-refractivity contribution in [1.82, 2.24) is 4.98 Å². The van der Waals surface area contributed by atoms with Crippen LogP contribution in [-0.4, -0.2) is 16.6 Å². The smallest absolute Gasteiger partial charge is 0.128 e. The first-order valence-electron chi connectivity index (χ1n) is 6.59. The molecule has 1 unspecified atom stereocenters. The van der Waals surface area contributed by atoms with Crippen molar-refractivity contribution in [3.05, 3.63) is 60.6 Å². The van der Waals surface area contributed by atoms with Gasteiger partial charge in [0, 0.05) is 45.6 Å². The molecule has 114 valence electrons. The Hall–Kier alpha value is -1.38. The van der Waals surface area contributed by atoms with Gasteiger partial charge in [0.05, 0.1) is 6.10 Å². The Kier molecular flexibility index (Phi) is 10.6. The zero-order chi connectivity index (χ0) is 14.8. The van der Waals surface area contributed by atoms with Gasteiger partial charge in [-0.2, -0.15) is 13.8 Å². The van der Waals surface area contributed by atoms with E-state index in [1.165, 1.54) is 0 Å². The Labute approximate surface area is 141 Å². The van der Waals surface area contributed by atoms with Crippen LogP contribution in [0.15, 0.2) is 48.7 Å². The second-order valence-corrected chi connectivity index (χ2v) is 4.36. The third kappa shape index (κ3) is 7.83. The number of pyridine rings is 1. The van der Waals surface area contributed by atoms with Crippen molar-refractivity contribution in [2.24, 2.45) is 0 Å². The second-order valence-electron chi connectivity index (χ2n) is 4.36. The third-order valence-electron chi connectivity index (χ3n) is 2.44. The van der Waals surface area contributed by atoms with E-state index < -0.39 is 6.10 Å². The average Bonchev–Trinajstić information content (AvgIpc) is 2.47. The molecule has 1 aromatic carbocycles. The van der Waals surface area contributed by atoms with E-state index in [4.69, 9.17) is 5.73 Å². The summed E-state index contributed by atoms with van der Waals surface area (Å²) in [5, 5.41) is 13.0. The zero-order valence-electron chi connectivity index (χ0n) is 12.4. The van der Waals surface area contributed by atoms with Gasteiger partial charge in [0.15, 0.2) is 0 Å². The van der Waals surface area contributed by atoms with Gasteiger partial charge in [-0.3, -0.25) is 0 Å². The second kappa shape index (κ2) is 11.3. The molecular weight excluding hydrogens is 434 g/mol. The fourth-order valence-electron chi connectivity index (χ4n) is 1.54. The standard InChI is InChI=1S/C13H15N3O.C3H7.W/c14-11-6-7-15-13(8-11)16-9-12(17)10-4-2-1-3-5-10;1-3-2;/h1-8,12,17H,9H2,(H3,14,15,16);3H,1-2H3;/q;-1;. The molecule has 0 radical (unpaired) electrons. The van der Waals surface area contributed by atoms with Crippen molar-refractivity contribution < 1.29 is 26.2 Å². The van der Waals surface area contributed by atoms with Gasteiger partial charge in [-0.25, -0.2) is 4.98 Å². The summed E-state index contributed by atoms with van der Waals surface area (Å²) in [6, 6.07) is 13.0. The Morgan fingerprint density at radius 2 is 1.86 bits per heavy atom. The number of nitrogens with one attached hydrogen (secondary N) is 1. The topological polar surface area (TPSA) is 71.2 Å². The van der Waals surface area contributed by atoms with Crippen LogP contribution in [0.3, 0.4) is 0 Å². The summed E-state index contributed by atoms with van der Waals surface area (Å²) in [4.78, 5) is 4.10. The van der Waals surface area contributed by atoms with Crippen LogP contribution in [0, 0.1) is 6.42 Å². The minimum Gasteiger partial charge on any atom is -0.399 e. The molecule has 0 aliphatic heterocycles. The van der Waals surface area contributed by atoms with E-state index in [0.717, 1.165) is 5.56 Å². The first-order valence-corrected chi connectivity index (χ1v) is 6.59. The van der Waals surface area contributed by atoms with E-state index in [9.17, 15) is 5.11 Å². The molecule has 1 aromatic heterocycles. The predicted octanol–water partition coefficient (Wildman–Crippen LogP) is 3.04. The summed E-state index contributed by atoms with van der Waals surface area (Å²) in [6.07, 6.45) is 3.08. The van der Waals surface area contributed by atoms with E-state index in [1.54, 1.807) is 18.3 Å². The summed E-state index contributed by atoms with van der Waals surface area (Å²) in [7, 11) is 0. The Morgan fingerprint density at radius 3 is 2.43 bits per heavy atom. The van der Waals surface area contributed by atoms with Gasteiger partial charge in [0.2, 0.25) is 0 Å². The summed E-state index contributed by atoms with van der Waals surface area (Å²) >= 11 is 0. The van der Waals surface area contributed by atoms with Crippen LogP contribution in [0.2, 0.25) is 0 Å². The zero-order valence-corrected chi connectivity index (χ0v) is 15.3. The minimum absolute atomic E-state index is 0. The first-order chi connectivity index (χ1) is 9.67. The van der Waals surface area contributed by atoms with Crippen LogP contribution >= 0.6 is 0 Å². The third-order valence-corrected chi connectivity index (χ3v) is 2.44. The molecule has 4 nitrogen and oxygen atoms in total. The fraction of sp³-hybridized carbons (Fsp3) is 0.250. The molecule has 21 heavy (non-hydrogen) atoms. The molecule has 0 saturated heterocycles. The number of hydrogen-bond donors (Lipinski definition) is 3. The Bertz CT molecular complexity index is 494. The number of nitrogens with zero attached hydrogens (tertiary/aromatic N) is 1. The number of aromatic nitrogens is 1. The van der Waals surface area contributed by atoms with Crippen molar-refractivity contribution in [3.63, 3.8) is 0 Å².